The minimum Gasteiger partial charge on any atom is -0.445 e. The van der Waals surface area contributed by atoms with E-state index in [1.54, 1.807) is 17.2 Å². The van der Waals surface area contributed by atoms with E-state index in [0.29, 0.717) is 37.9 Å². The lowest BCUT2D eigenvalue weighted by Crippen LogP contribution is -2.41. The molecule has 1 aliphatic rings. The van der Waals surface area contributed by atoms with Crippen molar-refractivity contribution in [3.05, 3.63) is 53.9 Å². The van der Waals surface area contributed by atoms with Crippen LogP contribution in [0, 0.1) is 5.92 Å². The Bertz CT molecular complexity index is 680. The van der Waals surface area contributed by atoms with E-state index in [-0.39, 0.29) is 12.0 Å². The van der Waals surface area contributed by atoms with Crippen molar-refractivity contribution in [2.24, 2.45) is 5.92 Å². The summed E-state index contributed by atoms with van der Waals surface area (Å²) in [5.41, 5.74) is 1.44. The Morgan fingerprint density at radius 1 is 1.20 bits per heavy atom. The fraction of sp³-hybridized carbons (Fsp3) is 0.389. The highest BCUT2D eigenvalue weighted by atomic mass is 16.6. The van der Waals surface area contributed by atoms with Crippen LogP contribution in [0.5, 0.6) is 0 Å². The average molecular weight is 342 g/mol. The van der Waals surface area contributed by atoms with Crippen molar-refractivity contribution in [1.29, 1.82) is 0 Å². The molecule has 2 N–H and O–H groups in total. The number of carbonyl (C=O) groups is 2. The Morgan fingerprint density at radius 2 is 1.96 bits per heavy atom. The lowest BCUT2D eigenvalue weighted by molar-refractivity contribution is 0.0800. The van der Waals surface area contributed by atoms with E-state index < -0.39 is 0 Å². The molecule has 7 heteroatoms. The van der Waals surface area contributed by atoms with Gasteiger partial charge in [0.25, 0.3) is 5.91 Å². The summed E-state index contributed by atoms with van der Waals surface area (Å²) in [4.78, 5) is 25.7. The molecule has 0 unspecified atom stereocenters. The molecule has 1 saturated heterocycles. The van der Waals surface area contributed by atoms with E-state index in [2.05, 4.69) is 15.5 Å². The third-order valence-electron chi connectivity index (χ3n) is 4.37. The minimum absolute atomic E-state index is 0.151. The standard InChI is InChI=1S/C18H22N4O3/c23-17(16-6-9-20-21-16)19-12-14-7-10-22(11-8-14)18(24)25-13-15-4-2-1-3-5-15/h1-6,9,14H,7-8,10-13H2,(H,19,23)(H,20,21). The van der Waals surface area contributed by atoms with Crippen LogP contribution in [0.2, 0.25) is 0 Å². The van der Waals surface area contributed by atoms with Gasteiger partial charge in [-0.05, 0) is 30.4 Å². The first-order valence-corrected chi connectivity index (χ1v) is 8.45. The van der Waals surface area contributed by atoms with Gasteiger partial charge < -0.3 is 15.0 Å². The smallest absolute Gasteiger partial charge is 0.410 e. The molecule has 3 rings (SSSR count). The second-order valence-electron chi connectivity index (χ2n) is 6.15. The molecule has 0 saturated carbocycles. The van der Waals surface area contributed by atoms with Crippen LogP contribution in [0.25, 0.3) is 0 Å². The topological polar surface area (TPSA) is 87.3 Å². The van der Waals surface area contributed by atoms with Gasteiger partial charge in [-0.2, -0.15) is 5.10 Å². The third-order valence-corrected chi connectivity index (χ3v) is 4.37. The number of nitrogens with zero attached hydrogens (tertiary/aromatic N) is 2. The van der Waals surface area contributed by atoms with Crippen molar-refractivity contribution >= 4 is 12.0 Å². The summed E-state index contributed by atoms with van der Waals surface area (Å²) in [5, 5.41) is 9.31. The average Bonchev–Trinajstić information content (AvgIpc) is 3.20. The lowest BCUT2D eigenvalue weighted by atomic mass is 9.97. The van der Waals surface area contributed by atoms with Gasteiger partial charge in [0.2, 0.25) is 0 Å². The van der Waals surface area contributed by atoms with E-state index in [0.717, 1.165) is 18.4 Å². The highest BCUT2D eigenvalue weighted by Gasteiger charge is 2.24. The van der Waals surface area contributed by atoms with Gasteiger partial charge >= 0.3 is 6.09 Å². The molecular weight excluding hydrogens is 320 g/mol. The molecule has 1 aliphatic heterocycles. The highest BCUT2D eigenvalue weighted by Crippen LogP contribution is 2.17. The van der Waals surface area contributed by atoms with Gasteiger partial charge in [0.15, 0.2) is 0 Å². The molecule has 1 aromatic carbocycles. The molecule has 1 aromatic heterocycles. The van der Waals surface area contributed by atoms with Gasteiger partial charge in [0, 0.05) is 25.8 Å². The second kappa shape index (κ2) is 8.32. The molecule has 0 bridgehead atoms. The van der Waals surface area contributed by atoms with Crippen molar-refractivity contribution in [2.75, 3.05) is 19.6 Å². The summed E-state index contributed by atoms with van der Waals surface area (Å²) in [6.45, 7) is 2.20. The molecule has 0 spiro atoms. The number of H-pyrrole nitrogens is 1. The molecule has 0 atom stereocenters. The molecule has 132 valence electrons. The quantitative estimate of drug-likeness (QED) is 0.872. The van der Waals surface area contributed by atoms with Crippen LogP contribution in [0.3, 0.4) is 0 Å². The molecule has 2 heterocycles. The zero-order valence-corrected chi connectivity index (χ0v) is 14.0. The summed E-state index contributed by atoms with van der Waals surface area (Å²) in [6.07, 6.45) is 2.98. The number of nitrogens with one attached hydrogen (secondary N) is 2. The van der Waals surface area contributed by atoms with Crippen LogP contribution in [0.4, 0.5) is 4.79 Å². The molecule has 2 amide bonds. The Balaban J connectivity index is 1.36. The monoisotopic (exact) mass is 342 g/mol. The molecule has 25 heavy (non-hydrogen) atoms. The number of rotatable bonds is 5. The highest BCUT2D eigenvalue weighted by molar-refractivity contribution is 5.92. The normalized spacial score (nSPS) is 15.0. The van der Waals surface area contributed by atoms with Crippen LogP contribution in [0.1, 0.15) is 28.9 Å². The molecular formula is C18H22N4O3. The lowest BCUT2D eigenvalue weighted by Gasteiger charge is -2.31. The number of ether oxygens (including phenoxy) is 1. The van der Waals surface area contributed by atoms with Gasteiger partial charge in [-0.15, -0.1) is 0 Å². The summed E-state index contributed by atoms with van der Waals surface area (Å²) in [7, 11) is 0. The van der Waals surface area contributed by atoms with Crippen LogP contribution < -0.4 is 5.32 Å². The number of likely N-dealkylation sites (tertiary alicyclic amines) is 1. The predicted octanol–water partition coefficient (Wildman–Crippen LogP) is 2.19. The molecule has 0 radical (unpaired) electrons. The maximum atomic E-state index is 12.1. The van der Waals surface area contributed by atoms with Crippen molar-refractivity contribution in [2.45, 2.75) is 19.4 Å². The minimum atomic E-state index is -0.274. The maximum Gasteiger partial charge on any atom is 0.410 e. The van der Waals surface area contributed by atoms with E-state index in [4.69, 9.17) is 4.74 Å². The van der Waals surface area contributed by atoms with Crippen molar-refractivity contribution in [1.82, 2.24) is 20.4 Å². The Hall–Kier alpha value is -2.83. The fourth-order valence-electron chi connectivity index (χ4n) is 2.84. The van der Waals surface area contributed by atoms with Crippen molar-refractivity contribution in [3.8, 4) is 0 Å². The Kier molecular flexibility index (Phi) is 5.66. The van der Waals surface area contributed by atoms with E-state index in [1.807, 2.05) is 30.3 Å². The van der Waals surface area contributed by atoms with Gasteiger partial charge in [-0.25, -0.2) is 4.79 Å². The predicted molar refractivity (Wildman–Crippen MR) is 91.8 cm³/mol. The van der Waals surface area contributed by atoms with Gasteiger partial charge in [0.1, 0.15) is 12.3 Å². The van der Waals surface area contributed by atoms with Crippen LogP contribution in [-0.2, 0) is 11.3 Å². The number of hydrogen-bond acceptors (Lipinski definition) is 4. The summed E-state index contributed by atoms with van der Waals surface area (Å²) in [5.74, 6) is 0.215. The zero-order valence-electron chi connectivity index (χ0n) is 14.0. The summed E-state index contributed by atoms with van der Waals surface area (Å²) in [6, 6.07) is 11.3. The van der Waals surface area contributed by atoms with E-state index in [1.165, 1.54) is 0 Å². The Labute approximate surface area is 146 Å². The number of aromatic nitrogens is 2. The third kappa shape index (κ3) is 4.82. The second-order valence-corrected chi connectivity index (χ2v) is 6.15. The van der Waals surface area contributed by atoms with Crippen LogP contribution in [0.15, 0.2) is 42.6 Å². The van der Waals surface area contributed by atoms with Gasteiger partial charge in [0.05, 0.1) is 0 Å². The molecule has 0 aliphatic carbocycles. The van der Waals surface area contributed by atoms with Crippen LogP contribution >= 0.6 is 0 Å². The zero-order chi connectivity index (χ0) is 17.5. The van der Waals surface area contributed by atoms with Gasteiger partial charge in [-0.3, -0.25) is 9.89 Å². The fourth-order valence-corrected chi connectivity index (χ4v) is 2.84. The first-order chi connectivity index (χ1) is 12.2. The molecule has 2 aromatic rings. The number of carbonyl (C=O) groups excluding carboxylic acids is 2. The number of piperidine rings is 1. The number of hydrogen-bond donors (Lipinski definition) is 2. The van der Waals surface area contributed by atoms with Crippen molar-refractivity contribution in [3.63, 3.8) is 0 Å². The molecule has 7 nitrogen and oxygen atoms in total. The summed E-state index contributed by atoms with van der Waals surface area (Å²) >= 11 is 0. The summed E-state index contributed by atoms with van der Waals surface area (Å²) < 4.78 is 5.36. The van der Waals surface area contributed by atoms with E-state index in [9.17, 15) is 9.59 Å². The number of aromatic amines is 1. The number of amides is 2. The van der Waals surface area contributed by atoms with Gasteiger partial charge in [-0.1, -0.05) is 30.3 Å². The SMILES string of the molecule is O=C(NCC1CCN(C(=O)OCc2ccccc2)CC1)c1ccn[nH]1. The number of benzene rings is 1. The van der Waals surface area contributed by atoms with E-state index >= 15 is 0 Å². The Morgan fingerprint density at radius 3 is 2.64 bits per heavy atom. The maximum absolute atomic E-state index is 12.1. The molecule has 1 fully saturated rings. The van der Waals surface area contributed by atoms with Crippen LogP contribution in [-0.4, -0.2) is 46.7 Å². The first-order valence-electron chi connectivity index (χ1n) is 8.45. The van der Waals surface area contributed by atoms with Crippen molar-refractivity contribution < 1.29 is 14.3 Å². The largest absolute Gasteiger partial charge is 0.445 e. The first kappa shape index (κ1) is 17.0.